The van der Waals surface area contributed by atoms with Crippen molar-refractivity contribution in [3.05, 3.63) is 74.8 Å². The number of carbonyl (C=O) groups excluding carboxylic acids is 1. The molecule has 7 heteroatoms. The quantitative estimate of drug-likeness (QED) is 0.644. The van der Waals surface area contributed by atoms with E-state index in [4.69, 9.17) is 16.3 Å². The van der Waals surface area contributed by atoms with Gasteiger partial charge >= 0.3 is 6.09 Å². The van der Waals surface area contributed by atoms with Gasteiger partial charge in [-0.3, -0.25) is 10.1 Å². The minimum Gasteiger partial charge on any atom is -0.445 e. The molecule has 2 rings (SSSR count). The second-order valence-corrected chi connectivity index (χ2v) is 5.24. The zero-order valence-corrected chi connectivity index (χ0v) is 13.0. The maximum atomic E-state index is 11.6. The van der Waals surface area contributed by atoms with Gasteiger partial charge in [0.05, 0.1) is 4.92 Å². The van der Waals surface area contributed by atoms with E-state index in [1.807, 2.05) is 12.1 Å². The van der Waals surface area contributed by atoms with Crippen molar-refractivity contribution in [2.45, 2.75) is 13.0 Å². The maximum absolute atomic E-state index is 11.6. The highest BCUT2D eigenvalue weighted by Crippen LogP contribution is 2.12. The maximum Gasteiger partial charge on any atom is 0.407 e. The molecule has 0 aliphatic carbocycles. The van der Waals surface area contributed by atoms with E-state index in [-0.39, 0.29) is 12.3 Å². The summed E-state index contributed by atoms with van der Waals surface area (Å²) < 4.78 is 5.04. The monoisotopic (exact) mass is 334 g/mol. The summed E-state index contributed by atoms with van der Waals surface area (Å²) in [5.74, 6) is 0. The van der Waals surface area contributed by atoms with Gasteiger partial charge in [0, 0.05) is 23.7 Å². The summed E-state index contributed by atoms with van der Waals surface area (Å²) in [6.45, 7) is 0.505. The van der Waals surface area contributed by atoms with E-state index in [1.165, 1.54) is 12.1 Å². The number of hydrogen-bond donors (Lipinski definition) is 1. The lowest BCUT2D eigenvalue weighted by atomic mass is 10.1. The third-order valence-electron chi connectivity index (χ3n) is 3.11. The van der Waals surface area contributed by atoms with E-state index in [1.54, 1.807) is 24.3 Å². The Hall–Kier alpha value is -2.60. The van der Waals surface area contributed by atoms with Crippen molar-refractivity contribution in [2.24, 2.45) is 0 Å². The average Bonchev–Trinajstić information content (AvgIpc) is 2.55. The standard InChI is InChI=1S/C16H15ClN2O4/c17-14-5-1-12(2-6-14)9-10-18-16(20)23-11-13-3-7-15(8-4-13)19(21)22/h1-8H,9-11H2,(H,18,20). The molecule has 0 radical (unpaired) electrons. The highest BCUT2D eigenvalue weighted by molar-refractivity contribution is 6.30. The predicted octanol–water partition coefficient (Wildman–Crippen LogP) is 3.72. The first-order valence-corrected chi connectivity index (χ1v) is 7.31. The molecule has 0 bridgehead atoms. The fraction of sp³-hybridized carbons (Fsp3) is 0.188. The van der Waals surface area contributed by atoms with E-state index >= 15 is 0 Å². The van der Waals surface area contributed by atoms with Gasteiger partial charge in [-0.05, 0) is 41.8 Å². The molecule has 2 aromatic carbocycles. The summed E-state index contributed by atoms with van der Waals surface area (Å²) in [6.07, 6.45) is 0.140. The highest BCUT2D eigenvalue weighted by atomic mass is 35.5. The molecule has 120 valence electrons. The third kappa shape index (κ3) is 5.60. The summed E-state index contributed by atoms with van der Waals surface area (Å²) in [5.41, 5.74) is 1.75. The Bertz CT molecular complexity index is 671. The number of nitro groups is 1. The van der Waals surface area contributed by atoms with Gasteiger partial charge < -0.3 is 10.1 Å². The Morgan fingerprint density at radius 2 is 1.70 bits per heavy atom. The molecule has 0 aliphatic rings. The molecule has 1 N–H and O–H groups in total. The fourth-order valence-electron chi connectivity index (χ4n) is 1.87. The van der Waals surface area contributed by atoms with Crippen LogP contribution in [0.2, 0.25) is 5.02 Å². The molecule has 0 saturated heterocycles. The van der Waals surface area contributed by atoms with Gasteiger partial charge in [-0.2, -0.15) is 0 Å². The Balaban J connectivity index is 1.70. The lowest BCUT2D eigenvalue weighted by molar-refractivity contribution is -0.384. The van der Waals surface area contributed by atoms with Crippen molar-refractivity contribution in [1.29, 1.82) is 0 Å². The molecule has 0 atom stereocenters. The van der Waals surface area contributed by atoms with Crippen LogP contribution in [0.5, 0.6) is 0 Å². The number of carbonyl (C=O) groups is 1. The van der Waals surface area contributed by atoms with Crippen LogP contribution in [-0.2, 0) is 17.8 Å². The Morgan fingerprint density at radius 1 is 1.09 bits per heavy atom. The molecule has 1 amide bonds. The number of amides is 1. The number of non-ortho nitro benzene ring substituents is 1. The average molecular weight is 335 g/mol. The van der Waals surface area contributed by atoms with E-state index in [2.05, 4.69) is 5.32 Å². The van der Waals surface area contributed by atoms with E-state index in [0.29, 0.717) is 23.6 Å². The second-order valence-electron chi connectivity index (χ2n) is 4.80. The van der Waals surface area contributed by atoms with Crippen molar-refractivity contribution in [2.75, 3.05) is 6.54 Å². The molecule has 0 heterocycles. The molecular weight excluding hydrogens is 320 g/mol. The van der Waals surface area contributed by atoms with Crippen LogP contribution >= 0.6 is 11.6 Å². The molecule has 0 unspecified atom stereocenters. The molecule has 0 aromatic heterocycles. The summed E-state index contributed by atoms with van der Waals surface area (Å²) in [5, 5.41) is 13.8. The zero-order chi connectivity index (χ0) is 16.7. The van der Waals surface area contributed by atoms with E-state index in [0.717, 1.165) is 5.56 Å². The molecule has 0 saturated carbocycles. The number of rotatable bonds is 6. The summed E-state index contributed by atoms with van der Waals surface area (Å²) in [4.78, 5) is 21.6. The number of nitrogens with one attached hydrogen (secondary N) is 1. The predicted molar refractivity (Wildman–Crippen MR) is 86.4 cm³/mol. The first-order valence-electron chi connectivity index (χ1n) is 6.93. The van der Waals surface area contributed by atoms with Crippen LogP contribution in [0.15, 0.2) is 48.5 Å². The van der Waals surface area contributed by atoms with Crippen LogP contribution < -0.4 is 5.32 Å². The smallest absolute Gasteiger partial charge is 0.407 e. The molecular formula is C16H15ClN2O4. The second kappa shape index (κ2) is 8.14. The van der Waals surface area contributed by atoms with Gasteiger partial charge in [-0.1, -0.05) is 23.7 Å². The minimum absolute atomic E-state index is 0.00108. The van der Waals surface area contributed by atoms with Crippen molar-refractivity contribution in [3.63, 3.8) is 0 Å². The van der Waals surface area contributed by atoms with Gasteiger partial charge in [-0.15, -0.1) is 0 Å². The molecule has 23 heavy (non-hydrogen) atoms. The van der Waals surface area contributed by atoms with Gasteiger partial charge in [0.15, 0.2) is 0 Å². The van der Waals surface area contributed by atoms with Crippen LogP contribution in [0.4, 0.5) is 10.5 Å². The number of hydrogen-bond acceptors (Lipinski definition) is 4. The molecule has 0 fully saturated rings. The van der Waals surface area contributed by atoms with E-state index < -0.39 is 11.0 Å². The number of alkyl carbamates (subject to hydrolysis) is 1. The molecule has 6 nitrogen and oxygen atoms in total. The first kappa shape index (κ1) is 16.8. The SMILES string of the molecule is O=C(NCCc1ccc(Cl)cc1)OCc1ccc([N+](=O)[O-])cc1. The minimum atomic E-state index is -0.530. The number of ether oxygens (including phenoxy) is 1. The summed E-state index contributed by atoms with van der Waals surface area (Å²) in [7, 11) is 0. The number of benzene rings is 2. The zero-order valence-electron chi connectivity index (χ0n) is 12.2. The molecule has 0 spiro atoms. The van der Waals surface area contributed by atoms with Crippen LogP contribution in [0.3, 0.4) is 0 Å². The Morgan fingerprint density at radius 3 is 2.30 bits per heavy atom. The number of halogens is 1. The number of nitrogens with zero attached hydrogens (tertiary/aromatic N) is 1. The molecule has 0 aliphatic heterocycles. The fourth-order valence-corrected chi connectivity index (χ4v) is 2.00. The lowest BCUT2D eigenvalue weighted by Gasteiger charge is -2.07. The Labute approximate surface area is 138 Å². The third-order valence-corrected chi connectivity index (χ3v) is 3.37. The van der Waals surface area contributed by atoms with Crippen LogP contribution in [0, 0.1) is 10.1 Å². The van der Waals surface area contributed by atoms with Crippen LogP contribution in [0.25, 0.3) is 0 Å². The van der Waals surface area contributed by atoms with Crippen molar-refractivity contribution in [1.82, 2.24) is 5.32 Å². The Kier molecular flexibility index (Phi) is 5.94. The molecule has 2 aromatic rings. The van der Waals surface area contributed by atoms with Crippen molar-refractivity contribution < 1.29 is 14.5 Å². The van der Waals surface area contributed by atoms with Crippen LogP contribution in [0.1, 0.15) is 11.1 Å². The van der Waals surface area contributed by atoms with Gasteiger partial charge in [-0.25, -0.2) is 4.79 Å². The summed E-state index contributed by atoms with van der Waals surface area (Å²) >= 11 is 5.80. The number of nitro benzene ring substituents is 1. The van der Waals surface area contributed by atoms with Crippen molar-refractivity contribution >= 4 is 23.4 Å². The largest absolute Gasteiger partial charge is 0.445 e. The topological polar surface area (TPSA) is 81.5 Å². The first-order chi connectivity index (χ1) is 11.0. The van der Waals surface area contributed by atoms with Gasteiger partial charge in [0.1, 0.15) is 6.61 Å². The van der Waals surface area contributed by atoms with E-state index in [9.17, 15) is 14.9 Å². The summed E-state index contributed by atoms with van der Waals surface area (Å²) in [6, 6.07) is 13.2. The lowest BCUT2D eigenvalue weighted by Crippen LogP contribution is -2.26. The van der Waals surface area contributed by atoms with Crippen molar-refractivity contribution in [3.8, 4) is 0 Å². The highest BCUT2D eigenvalue weighted by Gasteiger charge is 2.06. The normalized spacial score (nSPS) is 10.1. The van der Waals surface area contributed by atoms with Gasteiger partial charge in [0.25, 0.3) is 5.69 Å². The van der Waals surface area contributed by atoms with Crippen LogP contribution in [-0.4, -0.2) is 17.6 Å². The van der Waals surface area contributed by atoms with Gasteiger partial charge in [0.2, 0.25) is 0 Å².